The summed E-state index contributed by atoms with van der Waals surface area (Å²) in [7, 11) is 0. The molecule has 1 aromatic heterocycles. The number of rotatable bonds is 6. The second-order valence-corrected chi connectivity index (χ2v) is 6.27. The van der Waals surface area contributed by atoms with Gasteiger partial charge in [-0.15, -0.1) is 0 Å². The van der Waals surface area contributed by atoms with Gasteiger partial charge in [0.25, 0.3) is 0 Å². The molecule has 0 bridgehead atoms. The van der Waals surface area contributed by atoms with Crippen molar-refractivity contribution in [3.63, 3.8) is 0 Å². The van der Waals surface area contributed by atoms with Gasteiger partial charge in [-0.25, -0.2) is 4.98 Å². The van der Waals surface area contributed by atoms with Crippen LogP contribution in [-0.4, -0.2) is 46.8 Å². The van der Waals surface area contributed by atoms with Crippen LogP contribution in [0.3, 0.4) is 0 Å². The molecular formula is C17H21F3N4. The van der Waals surface area contributed by atoms with Gasteiger partial charge in [0.2, 0.25) is 0 Å². The fourth-order valence-electron chi connectivity index (χ4n) is 3.10. The standard InChI is InChI=1S/C17H21F3N4/c18-17(19,20)12-23-7-5-15(11-23)10-22-9-14-1-3-16(4-2-14)24-8-6-21-13-24/h1-4,6,8,13,15,22H,5,7,9-12H2. The van der Waals surface area contributed by atoms with Crippen molar-refractivity contribution in [1.29, 1.82) is 0 Å². The maximum absolute atomic E-state index is 12.4. The van der Waals surface area contributed by atoms with Gasteiger partial charge in [0.05, 0.1) is 12.9 Å². The molecule has 1 unspecified atom stereocenters. The van der Waals surface area contributed by atoms with E-state index in [-0.39, 0.29) is 5.92 Å². The van der Waals surface area contributed by atoms with Gasteiger partial charge in [0.15, 0.2) is 0 Å². The van der Waals surface area contributed by atoms with Crippen molar-refractivity contribution in [2.75, 3.05) is 26.2 Å². The molecule has 1 atom stereocenters. The van der Waals surface area contributed by atoms with E-state index in [4.69, 9.17) is 0 Å². The Morgan fingerprint density at radius 3 is 2.67 bits per heavy atom. The van der Waals surface area contributed by atoms with Crippen LogP contribution in [0, 0.1) is 5.92 Å². The average Bonchev–Trinajstić information content (AvgIpc) is 3.18. The molecule has 4 nitrogen and oxygen atoms in total. The molecule has 1 aliphatic rings. The first kappa shape index (κ1) is 17.0. The van der Waals surface area contributed by atoms with E-state index in [1.165, 1.54) is 4.90 Å². The van der Waals surface area contributed by atoms with Crippen molar-refractivity contribution in [3.8, 4) is 5.69 Å². The van der Waals surface area contributed by atoms with Crippen LogP contribution in [0.2, 0.25) is 0 Å². The number of halogens is 3. The van der Waals surface area contributed by atoms with Crippen LogP contribution >= 0.6 is 0 Å². The summed E-state index contributed by atoms with van der Waals surface area (Å²) in [5, 5.41) is 3.35. The smallest absolute Gasteiger partial charge is 0.312 e. The largest absolute Gasteiger partial charge is 0.401 e. The van der Waals surface area contributed by atoms with Crippen LogP contribution in [0.4, 0.5) is 13.2 Å². The molecule has 1 aromatic carbocycles. The lowest BCUT2D eigenvalue weighted by Crippen LogP contribution is -2.33. The number of alkyl halides is 3. The second-order valence-electron chi connectivity index (χ2n) is 6.27. The van der Waals surface area contributed by atoms with Crippen LogP contribution in [0.15, 0.2) is 43.0 Å². The SMILES string of the molecule is FC(F)(F)CN1CCC(CNCc2ccc(-n3ccnc3)cc2)C1. The molecule has 0 amide bonds. The molecular weight excluding hydrogens is 317 g/mol. The first-order valence-electron chi connectivity index (χ1n) is 8.07. The maximum atomic E-state index is 12.4. The highest BCUT2D eigenvalue weighted by Crippen LogP contribution is 2.22. The summed E-state index contributed by atoms with van der Waals surface area (Å²) in [4.78, 5) is 5.51. The molecule has 0 spiro atoms. The van der Waals surface area contributed by atoms with Crippen LogP contribution in [0.5, 0.6) is 0 Å². The zero-order valence-corrected chi connectivity index (χ0v) is 13.3. The Kier molecular flexibility index (Phi) is 5.20. The number of imidazole rings is 1. The minimum Gasteiger partial charge on any atom is -0.312 e. The number of benzene rings is 1. The molecule has 2 aromatic rings. The summed E-state index contributed by atoms with van der Waals surface area (Å²) in [5.41, 5.74) is 2.21. The number of nitrogens with zero attached hydrogens (tertiary/aromatic N) is 3. The zero-order valence-electron chi connectivity index (χ0n) is 13.3. The second kappa shape index (κ2) is 7.36. The van der Waals surface area contributed by atoms with Gasteiger partial charge >= 0.3 is 6.18 Å². The first-order valence-corrected chi connectivity index (χ1v) is 8.07. The Morgan fingerprint density at radius 1 is 1.21 bits per heavy atom. The number of aromatic nitrogens is 2. The van der Waals surface area contributed by atoms with Crippen LogP contribution in [0.1, 0.15) is 12.0 Å². The summed E-state index contributed by atoms with van der Waals surface area (Å²) in [5.74, 6) is 0.289. The molecule has 1 aliphatic heterocycles. The lowest BCUT2D eigenvalue weighted by atomic mass is 10.1. The molecule has 1 N–H and O–H groups in total. The van der Waals surface area contributed by atoms with Crippen molar-refractivity contribution in [2.24, 2.45) is 5.92 Å². The molecule has 130 valence electrons. The van der Waals surface area contributed by atoms with Gasteiger partial charge in [-0.05, 0) is 43.1 Å². The monoisotopic (exact) mass is 338 g/mol. The van der Waals surface area contributed by atoms with Gasteiger partial charge in [0, 0.05) is 31.2 Å². The molecule has 2 heterocycles. The molecule has 3 rings (SSSR count). The maximum Gasteiger partial charge on any atom is 0.401 e. The van der Waals surface area contributed by atoms with Gasteiger partial charge in [-0.1, -0.05) is 12.1 Å². The Hall–Kier alpha value is -1.86. The summed E-state index contributed by atoms with van der Waals surface area (Å²) < 4.78 is 39.1. The average molecular weight is 338 g/mol. The Labute approximate surface area is 139 Å². The Balaban J connectivity index is 1.41. The normalized spacial score (nSPS) is 19.0. The summed E-state index contributed by atoms with van der Waals surface area (Å²) >= 11 is 0. The predicted octanol–water partition coefficient (Wildman–Crippen LogP) is 2.85. The van der Waals surface area contributed by atoms with Crippen LogP contribution in [-0.2, 0) is 6.54 Å². The van der Waals surface area contributed by atoms with Crippen molar-refractivity contribution in [2.45, 2.75) is 19.1 Å². The number of likely N-dealkylation sites (tertiary alicyclic amines) is 1. The van der Waals surface area contributed by atoms with E-state index in [1.54, 1.807) is 12.5 Å². The highest BCUT2D eigenvalue weighted by atomic mass is 19.4. The highest BCUT2D eigenvalue weighted by molar-refractivity contribution is 5.34. The number of nitrogens with one attached hydrogen (secondary N) is 1. The fraction of sp³-hybridized carbons (Fsp3) is 0.471. The van der Waals surface area contributed by atoms with Gasteiger partial charge in [0.1, 0.15) is 0 Å². The van der Waals surface area contributed by atoms with E-state index < -0.39 is 12.7 Å². The van der Waals surface area contributed by atoms with E-state index in [1.807, 2.05) is 35.0 Å². The van der Waals surface area contributed by atoms with E-state index in [0.29, 0.717) is 13.1 Å². The minimum atomic E-state index is -4.10. The Bertz CT molecular complexity index is 622. The van der Waals surface area contributed by atoms with Crippen molar-refractivity contribution >= 4 is 0 Å². The highest BCUT2D eigenvalue weighted by Gasteiger charge is 2.34. The van der Waals surface area contributed by atoms with E-state index in [9.17, 15) is 13.2 Å². The van der Waals surface area contributed by atoms with Gasteiger partial charge in [-0.3, -0.25) is 4.90 Å². The van der Waals surface area contributed by atoms with E-state index in [2.05, 4.69) is 10.3 Å². The molecule has 0 saturated carbocycles. The van der Waals surface area contributed by atoms with Crippen molar-refractivity contribution in [1.82, 2.24) is 19.8 Å². The van der Waals surface area contributed by atoms with Crippen molar-refractivity contribution < 1.29 is 13.2 Å². The number of hydrogen-bond acceptors (Lipinski definition) is 3. The lowest BCUT2D eigenvalue weighted by Gasteiger charge is -2.18. The molecule has 7 heteroatoms. The third-order valence-corrected chi connectivity index (χ3v) is 4.27. The first-order chi connectivity index (χ1) is 11.5. The third kappa shape index (κ3) is 4.82. The summed E-state index contributed by atoms with van der Waals surface area (Å²) in [6.45, 7) is 1.73. The van der Waals surface area contributed by atoms with Crippen molar-refractivity contribution in [3.05, 3.63) is 48.5 Å². The molecule has 0 aliphatic carbocycles. The zero-order chi connectivity index (χ0) is 17.0. The number of hydrogen-bond donors (Lipinski definition) is 1. The topological polar surface area (TPSA) is 33.1 Å². The van der Waals surface area contributed by atoms with Gasteiger partial charge < -0.3 is 9.88 Å². The van der Waals surface area contributed by atoms with E-state index in [0.717, 1.165) is 30.8 Å². The van der Waals surface area contributed by atoms with Crippen LogP contribution < -0.4 is 5.32 Å². The fourth-order valence-corrected chi connectivity index (χ4v) is 3.10. The lowest BCUT2D eigenvalue weighted by molar-refractivity contribution is -0.143. The molecule has 0 radical (unpaired) electrons. The quantitative estimate of drug-likeness (QED) is 0.879. The predicted molar refractivity (Wildman–Crippen MR) is 85.9 cm³/mol. The summed E-state index contributed by atoms with van der Waals surface area (Å²) in [6.07, 6.45) is 2.10. The Morgan fingerprint density at radius 2 is 2.00 bits per heavy atom. The van der Waals surface area contributed by atoms with E-state index >= 15 is 0 Å². The molecule has 1 saturated heterocycles. The molecule has 24 heavy (non-hydrogen) atoms. The third-order valence-electron chi connectivity index (χ3n) is 4.27. The minimum absolute atomic E-state index is 0.289. The molecule has 1 fully saturated rings. The van der Waals surface area contributed by atoms with Gasteiger partial charge in [-0.2, -0.15) is 13.2 Å². The summed E-state index contributed by atoms with van der Waals surface area (Å²) in [6, 6.07) is 8.15. The van der Waals surface area contributed by atoms with Crippen LogP contribution in [0.25, 0.3) is 5.69 Å².